The van der Waals surface area contributed by atoms with Crippen molar-refractivity contribution in [1.82, 2.24) is 15.1 Å². The first kappa shape index (κ1) is 21.0. The Hall–Kier alpha value is -3.84. The Balaban J connectivity index is 1.39. The normalized spacial score (nSPS) is 15.2. The highest BCUT2D eigenvalue weighted by Crippen LogP contribution is 2.36. The van der Waals surface area contributed by atoms with Gasteiger partial charge in [-0.2, -0.15) is 4.98 Å². The lowest BCUT2D eigenvalue weighted by atomic mass is 9.73. The maximum Gasteiger partial charge on any atom is 0.235 e. The van der Waals surface area contributed by atoms with E-state index in [1.807, 2.05) is 66.7 Å². The summed E-state index contributed by atoms with van der Waals surface area (Å²) < 4.78 is 11.0. The number of carbonyl (C=O) groups excluding carboxylic acids is 1. The van der Waals surface area contributed by atoms with Crippen molar-refractivity contribution in [2.24, 2.45) is 0 Å². The van der Waals surface area contributed by atoms with Gasteiger partial charge in [0.05, 0.1) is 11.8 Å². The minimum Gasteiger partial charge on any atom is -0.381 e. The molecule has 1 aliphatic heterocycles. The summed E-state index contributed by atoms with van der Waals surface area (Å²) in [6.45, 7) is 1.12. The van der Waals surface area contributed by atoms with Crippen molar-refractivity contribution in [2.75, 3.05) is 18.5 Å². The molecule has 1 amide bonds. The first-order valence-corrected chi connectivity index (χ1v) is 11.0. The second-order valence-corrected chi connectivity index (χ2v) is 8.10. The van der Waals surface area contributed by atoms with E-state index in [-0.39, 0.29) is 5.91 Å². The molecule has 0 unspecified atom stereocenters. The maximum absolute atomic E-state index is 13.7. The topological polar surface area (TPSA) is 90.1 Å². The van der Waals surface area contributed by atoms with Crippen LogP contribution in [0.4, 0.5) is 5.69 Å². The number of benzene rings is 2. The molecule has 7 nitrogen and oxygen atoms in total. The van der Waals surface area contributed by atoms with Crippen LogP contribution in [0.1, 0.15) is 29.9 Å². The number of anilines is 1. The third-order valence-corrected chi connectivity index (χ3v) is 6.10. The van der Waals surface area contributed by atoms with Gasteiger partial charge in [0, 0.05) is 36.9 Å². The minimum absolute atomic E-state index is 0.0222. The van der Waals surface area contributed by atoms with Crippen LogP contribution in [0, 0.1) is 0 Å². The van der Waals surface area contributed by atoms with Crippen molar-refractivity contribution in [1.29, 1.82) is 0 Å². The molecule has 1 fully saturated rings. The summed E-state index contributed by atoms with van der Waals surface area (Å²) >= 11 is 0. The van der Waals surface area contributed by atoms with Gasteiger partial charge in [0.15, 0.2) is 0 Å². The van der Waals surface area contributed by atoms with Crippen LogP contribution in [0.3, 0.4) is 0 Å². The Morgan fingerprint density at radius 3 is 2.55 bits per heavy atom. The number of carbonyl (C=O) groups is 1. The molecule has 0 bridgehead atoms. The zero-order chi connectivity index (χ0) is 22.5. The van der Waals surface area contributed by atoms with E-state index in [4.69, 9.17) is 9.26 Å². The summed E-state index contributed by atoms with van der Waals surface area (Å²) in [6, 6.07) is 21.4. The highest BCUT2D eigenvalue weighted by Gasteiger charge is 2.41. The molecule has 33 heavy (non-hydrogen) atoms. The second kappa shape index (κ2) is 9.34. The van der Waals surface area contributed by atoms with Crippen molar-refractivity contribution < 1.29 is 14.1 Å². The third kappa shape index (κ3) is 4.40. The predicted molar refractivity (Wildman–Crippen MR) is 124 cm³/mol. The highest BCUT2D eigenvalue weighted by molar-refractivity contribution is 5.99. The second-order valence-electron chi connectivity index (χ2n) is 8.10. The molecule has 0 aliphatic carbocycles. The smallest absolute Gasteiger partial charge is 0.235 e. The predicted octanol–water partition coefficient (Wildman–Crippen LogP) is 4.41. The zero-order valence-corrected chi connectivity index (χ0v) is 18.1. The number of aromatic nitrogens is 3. The van der Waals surface area contributed by atoms with E-state index in [0.29, 0.717) is 44.2 Å². The summed E-state index contributed by atoms with van der Waals surface area (Å²) in [7, 11) is 0. The molecule has 1 N–H and O–H groups in total. The van der Waals surface area contributed by atoms with E-state index < -0.39 is 5.41 Å². The van der Waals surface area contributed by atoms with Gasteiger partial charge < -0.3 is 14.6 Å². The van der Waals surface area contributed by atoms with Crippen molar-refractivity contribution in [3.05, 3.63) is 96.1 Å². The molecule has 0 spiro atoms. The van der Waals surface area contributed by atoms with Crippen molar-refractivity contribution in [2.45, 2.75) is 24.7 Å². The molecule has 0 saturated carbocycles. The summed E-state index contributed by atoms with van der Waals surface area (Å²) in [6.07, 6.45) is 5.08. The summed E-state index contributed by atoms with van der Waals surface area (Å²) in [5.41, 5.74) is 2.83. The SMILES string of the molecule is O=C(Nc1ccccc1Cc1nc(-c2cccnc2)no1)C1(c2ccccc2)CCOCC1. The molecular weight excluding hydrogens is 416 g/mol. The van der Waals surface area contributed by atoms with Crippen molar-refractivity contribution >= 4 is 11.6 Å². The van der Waals surface area contributed by atoms with E-state index in [1.165, 1.54) is 0 Å². The van der Waals surface area contributed by atoms with Crippen LogP contribution in [-0.2, 0) is 21.4 Å². The summed E-state index contributed by atoms with van der Waals surface area (Å²) in [5.74, 6) is 0.940. The molecule has 5 rings (SSSR count). The molecular formula is C26H24N4O3. The quantitative estimate of drug-likeness (QED) is 0.478. The van der Waals surface area contributed by atoms with Gasteiger partial charge in [-0.05, 0) is 42.2 Å². The lowest BCUT2D eigenvalue weighted by molar-refractivity contribution is -0.125. The molecule has 1 aliphatic rings. The molecule has 0 atom stereocenters. The largest absolute Gasteiger partial charge is 0.381 e. The Labute approximate surface area is 191 Å². The van der Waals surface area contributed by atoms with Crippen LogP contribution in [0.15, 0.2) is 83.6 Å². The number of hydrogen-bond donors (Lipinski definition) is 1. The van der Waals surface area contributed by atoms with E-state index in [9.17, 15) is 4.79 Å². The summed E-state index contributed by atoms with van der Waals surface area (Å²) in [5, 5.41) is 7.25. The van der Waals surface area contributed by atoms with Gasteiger partial charge >= 0.3 is 0 Å². The van der Waals surface area contributed by atoms with Gasteiger partial charge in [0.1, 0.15) is 0 Å². The average molecular weight is 441 g/mol. The van der Waals surface area contributed by atoms with E-state index in [0.717, 1.165) is 22.4 Å². The van der Waals surface area contributed by atoms with Crippen molar-refractivity contribution in [3.63, 3.8) is 0 Å². The standard InChI is InChI=1S/C26H24N4O3/c31-25(26(12-15-32-16-13-26)21-9-2-1-3-10-21)28-22-11-5-4-7-19(22)17-23-29-24(30-33-23)20-8-6-14-27-18-20/h1-11,14,18H,12-13,15-17H2,(H,28,31). The average Bonchev–Trinajstić information content (AvgIpc) is 3.35. The van der Waals surface area contributed by atoms with E-state index >= 15 is 0 Å². The Morgan fingerprint density at radius 1 is 0.970 bits per heavy atom. The molecule has 1 saturated heterocycles. The van der Waals surface area contributed by atoms with Gasteiger partial charge in [-0.25, -0.2) is 0 Å². The van der Waals surface area contributed by atoms with Crippen molar-refractivity contribution in [3.8, 4) is 11.4 Å². The van der Waals surface area contributed by atoms with Crippen LogP contribution >= 0.6 is 0 Å². The Morgan fingerprint density at radius 2 is 1.76 bits per heavy atom. The fourth-order valence-electron chi connectivity index (χ4n) is 4.26. The van der Waals surface area contributed by atoms with Gasteiger partial charge in [0.2, 0.25) is 17.6 Å². The number of hydrogen-bond acceptors (Lipinski definition) is 6. The number of nitrogens with zero attached hydrogens (tertiary/aromatic N) is 3. The zero-order valence-electron chi connectivity index (χ0n) is 18.1. The highest BCUT2D eigenvalue weighted by atomic mass is 16.5. The number of ether oxygens (including phenoxy) is 1. The van der Waals surface area contributed by atoms with Gasteiger partial charge in [0.25, 0.3) is 0 Å². The first-order chi connectivity index (χ1) is 16.2. The van der Waals surface area contributed by atoms with Crippen LogP contribution in [-0.4, -0.2) is 34.2 Å². The Bertz CT molecular complexity index is 1220. The lowest BCUT2D eigenvalue weighted by Crippen LogP contribution is -2.45. The van der Waals surface area contributed by atoms with Crippen LogP contribution in [0.5, 0.6) is 0 Å². The number of pyridine rings is 1. The van der Waals surface area contributed by atoms with Gasteiger partial charge in [-0.3, -0.25) is 9.78 Å². The molecule has 2 aromatic heterocycles. The van der Waals surface area contributed by atoms with E-state index in [2.05, 4.69) is 20.4 Å². The molecule has 0 radical (unpaired) electrons. The lowest BCUT2D eigenvalue weighted by Gasteiger charge is -2.36. The van der Waals surface area contributed by atoms with E-state index in [1.54, 1.807) is 12.4 Å². The molecule has 2 aromatic carbocycles. The summed E-state index contributed by atoms with van der Waals surface area (Å²) in [4.78, 5) is 22.3. The molecule has 3 heterocycles. The fourth-order valence-corrected chi connectivity index (χ4v) is 4.26. The monoisotopic (exact) mass is 440 g/mol. The molecule has 7 heteroatoms. The third-order valence-electron chi connectivity index (χ3n) is 6.10. The minimum atomic E-state index is -0.620. The van der Waals surface area contributed by atoms with Crippen LogP contribution < -0.4 is 5.32 Å². The number of nitrogens with one attached hydrogen (secondary N) is 1. The number of rotatable bonds is 6. The Kier molecular flexibility index (Phi) is 5.95. The fraction of sp³-hybridized carbons (Fsp3) is 0.231. The van der Waals surface area contributed by atoms with Crippen LogP contribution in [0.25, 0.3) is 11.4 Å². The van der Waals surface area contributed by atoms with Gasteiger partial charge in [-0.15, -0.1) is 0 Å². The molecule has 166 valence electrons. The molecule has 4 aromatic rings. The maximum atomic E-state index is 13.7. The number of para-hydroxylation sites is 1. The van der Waals surface area contributed by atoms with Gasteiger partial charge in [-0.1, -0.05) is 53.7 Å². The van der Waals surface area contributed by atoms with Crippen LogP contribution in [0.2, 0.25) is 0 Å². The first-order valence-electron chi connectivity index (χ1n) is 11.0. The number of amides is 1.